The molecule has 0 unspecified atom stereocenters. The van der Waals surface area contributed by atoms with Crippen LogP contribution in [-0.4, -0.2) is 50.8 Å². The van der Waals surface area contributed by atoms with Crippen molar-refractivity contribution in [3.63, 3.8) is 0 Å². The van der Waals surface area contributed by atoms with E-state index in [2.05, 4.69) is 16.0 Å². The van der Waals surface area contributed by atoms with E-state index in [1.54, 1.807) is 21.0 Å². The van der Waals surface area contributed by atoms with Crippen molar-refractivity contribution >= 4 is 17.6 Å². The normalized spacial score (nSPS) is 13.6. The van der Waals surface area contributed by atoms with Crippen LogP contribution >= 0.6 is 0 Å². The fraction of sp³-hybridized carbons (Fsp3) is 0.750. The average molecular weight is 272 g/mol. The van der Waals surface area contributed by atoms with Crippen LogP contribution in [0.2, 0.25) is 0 Å². The molecule has 0 bridgehead atoms. The Hall–Kier alpha value is -1.47. The maximum absolute atomic E-state index is 12.0. The number of nitrogens with one attached hydrogen (secondary N) is 3. The molecule has 0 spiro atoms. The summed E-state index contributed by atoms with van der Waals surface area (Å²) in [5.74, 6) is -1.42. The van der Waals surface area contributed by atoms with Crippen LogP contribution in [0.25, 0.3) is 0 Å². The molecule has 7 heteroatoms. The zero-order valence-electron chi connectivity index (χ0n) is 11.8. The molecule has 0 aliphatic rings. The van der Waals surface area contributed by atoms with E-state index in [0.717, 1.165) is 0 Å². The summed E-state index contributed by atoms with van der Waals surface area (Å²) in [4.78, 5) is 34.6. The Morgan fingerprint density at radius 2 is 1.68 bits per heavy atom. The lowest BCUT2D eigenvalue weighted by atomic mass is 9.99. The summed E-state index contributed by atoms with van der Waals surface area (Å²) in [5, 5.41) is 8.21. The minimum Gasteiger partial charge on any atom is -0.368 e. The zero-order valence-corrected chi connectivity index (χ0v) is 11.8. The van der Waals surface area contributed by atoms with Gasteiger partial charge in [0.1, 0.15) is 11.8 Å². The molecule has 0 radical (unpaired) electrons. The summed E-state index contributed by atoms with van der Waals surface area (Å²) in [5.41, 5.74) is 5.20. The number of nitrogens with two attached hydrogens (primary N) is 1. The highest BCUT2D eigenvalue weighted by molar-refractivity contribution is 5.90. The van der Waals surface area contributed by atoms with Crippen molar-refractivity contribution in [1.82, 2.24) is 16.0 Å². The molecule has 0 aromatic rings. The molecular formula is C12H24N4O3. The molecule has 110 valence electrons. The van der Waals surface area contributed by atoms with Crippen molar-refractivity contribution < 1.29 is 14.4 Å². The third kappa shape index (κ3) is 6.88. The monoisotopic (exact) mass is 272 g/mol. The molecule has 0 aliphatic heterocycles. The Kier molecular flexibility index (Phi) is 8.73. The Bertz CT molecular complexity index is 318. The summed E-state index contributed by atoms with van der Waals surface area (Å²) in [6, 6.07) is -0.770. The Morgan fingerprint density at radius 3 is 2.11 bits per heavy atom. The van der Waals surface area contributed by atoms with Crippen LogP contribution in [-0.2, 0) is 14.4 Å². The molecule has 0 heterocycles. The van der Waals surface area contributed by atoms with E-state index in [0.29, 0.717) is 13.0 Å². The van der Waals surface area contributed by atoms with Gasteiger partial charge in [0.05, 0.1) is 5.92 Å². The molecule has 19 heavy (non-hydrogen) atoms. The van der Waals surface area contributed by atoms with E-state index in [4.69, 9.17) is 5.73 Å². The van der Waals surface area contributed by atoms with Gasteiger partial charge in [0.15, 0.2) is 0 Å². The van der Waals surface area contributed by atoms with E-state index in [1.807, 2.05) is 0 Å². The molecule has 0 saturated carbocycles. The number of Topliss-reactive ketones (excluding diaryl/α,β-unsaturated/α-hetero) is 1. The summed E-state index contributed by atoms with van der Waals surface area (Å²) >= 11 is 0. The fourth-order valence-corrected chi connectivity index (χ4v) is 1.64. The van der Waals surface area contributed by atoms with E-state index in [-0.39, 0.29) is 24.7 Å². The number of hydrogen-bond donors (Lipinski definition) is 4. The summed E-state index contributed by atoms with van der Waals surface area (Å²) in [6.07, 6.45) is 0.553. The number of rotatable bonds is 10. The maximum atomic E-state index is 12.0. The Morgan fingerprint density at radius 1 is 1.11 bits per heavy atom. The minimum atomic E-state index is -0.770. The number of carbonyl (C=O) groups excluding carboxylic acids is 3. The maximum Gasteiger partial charge on any atom is 0.241 e. The second kappa shape index (κ2) is 9.46. The number of amides is 2. The molecule has 5 N–H and O–H groups in total. The third-order valence-corrected chi connectivity index (χ3v) is 2.76. The van der Waals surface area contributed by atoms with Crippen molar-refractivity contribution in [2.75, 3.05) is 27.2 Å². The first-order chi connectivity index (χ1) is 8.96. The van der Waals surface area contributed by atoms with Gasteiger partial charge in [0.2, 0.25) is 11.8 Å². The SMILES string of the molecule is CCC(=O)C[C@@H](CNC)C(=O)N[C@@H](CNC)C(N)=O. The van der Waals surface area contributed by atoms with Crippen LogP contribution in [0.1, 0.15) is 19.8 Å². The summed E-state index contributed by atoms with van der Waals surface area (Å²) in [6.45, 7) is 2.39. The Balaban J connectivity index is 4.60. The minimum absolute atomic E-state index is 0.0136. The molecule has 0 aromatic carbocycles. The van der Waals surface area contributed by atoms with Gasteiger partial charge >= 0.3 is 0 Å². The lowest BCUT2D eigenvalue weighted by Gasteiger charge is -2.20. The first kappa shape index (κ1) is 17.5. The smallest absolute Gasteiger partial charge is 0.241 e. The van der Waals surface area contributed by atoms with Gasteiger partial charge in [-0.05, 0) is 14.1 Å². The number of carbonyl (C=O) groups is 3. The highest BCUT2D eigenvalue weighted by Crippen LogP contribution is 2.05. The molecular weight excluding hydrogens is 248 g/mol. The van der Waals surface area contributed by atoms with Crippen molar-refractivity contribution in [1.29, 1.82) is 0 Å². The molecule has 7 nitrogen and oxygen atoms in total. The van der Waals surface area contributed by atoms with E-state index < -0.39 is 17.9 Å². The molecule has 0 saturated heterocycles. The molecule has 2 amide bonds. The van der Waals surface area contributed by atoms with Crippen LogP contribution in [0, 0.1) is 5.92 Å². The predicted octanol–water partition coefficient (Wildman–Crippen LogP) is -1.62. The molecule has 2 atom stereocenters. The quantitative estimate of drug-likeness (QED) is 0.382. The van der Waals surface area contributed by atoms with Crippen LogP contribution < -0.4 is 21.7 Å². The van der Waals surface area contributed by atoms with E-state index >= 15 is 0 Å². The zero-order chi connectivity index (χ0) is 14.8. The number of primary amides is 1. The van der Waals surface area contributed by atoms with Gasteiger partial charge in [0, 0.05) is 25.9 Å². The number of likely N-dealkylation sites (N-methyl/N-ethyl adjacent to an activating group) is 1. The first-order valence-corrected chi connectivity index (χ1v) is 6.36. The van der Waals surface area contributed by atoms with Gasteiger partial charge in [-0.1, -0.05) is 6.92 Å². The van der Waals surface area contributed by atoms with Crippen LogP contribution in [0.5, 0.6) is 0 Å². The largest absolute Gasteiger partial charge is 0.368 e. The van der Waals surface area contributed by atoms with Gasteiger partial charge < -0.3 is 21.7 Å². The van der Waals surface area contributed by atoms with Gasteiger partial charge in [-0.2, -0.15) is 0 Å². The number of ketones is 1. The van der Waals surface area contributed by atoms with Crippen molar-refractivity contribution in [2.24, 2.45) is 11.7 Å². The third-order valence-electron chi connectivity index (χ3n) is 2.76. The van der Waals surface area contributed by atoms with Gasteiger partial charge in [-0.15, -0.1) is 0 Å². The Labute approximate surface area is 113 Å². The number of hydrogen-bond acceptors (Lipinski definition) is 5. The van der Waals surface area contributed by atoms with Crippen molar-refractivity contribution in [2.45, 2.75) is 25.8 Å². The lowest BCUT2D eigenvalue weighted by Crippen LogP contribution is -2.52. The lowest BCUT2D eigenvalue weighted by molar-refractivity contribution is -0.132. The van der Waals surface area contributed by atoms with Gasteiger partial charge in [-0.3, -0.25) is 14.4 Å². The molecule has 0 aliphatic carbocycles. The van der Waals surface area contributed by atoms with Gasteiger partial charge in [0.25, 0.3) is 0 Å². The standard InChI is InChI=1S/C12H24N4O3/c1-4-9(17)5-8(6-14-2)12(19)16-10(7-15-3)11(13)18/h8,10,14-15H,4-7H2,1-3H3,(H2,13,18)(H,16,19)/t8-,10-/m0/s1. The van der Waals surface area contributed by atoms with Crippen molar-refractivity contribution in [3.05, 3.63) is 0 Å². The average Bonchev–Trinajstić information content (AvgIpc) is 2.37. The molecule has 0 rings (SSSR count). The van der Waals surface area contributed by atoms with Gasteiger partial charge in [-0.25, -0.2) is 0 Å². The molecule has 0 aromatic heterocycles. The van der Waals surface area contributed by atoms with Crippen LogP contribution in [0.15, 0.2) is 0 Å². The second-order valence-corrected chi connectivity index (χ2v) is 4.37. The summed E-state index contributed by atoms with van der Waals surface area (Å²) < 4.78 is 0. The van der Waals surface area contributed by atoms with E-state index in [9.17, 15) is 14.4 Å². The topological polar surface area (TPSA) is 113 Å². The summed E-state index contributed by atoms with van der Waals surface area (Å²) in [7, 11) is 3.36. The van der Waals surface area contributed by atoms with Crippen LogP contribution in [0.4, 0.5) is 0 Å². The van der Waals surface area contributed by atoms with E-state index in [1.165, 1.54) is 0 Å². The van der Waals surface area contributed by atoms with Crippen LogP contribution in [0.3, 0.4) is 0 Å². The molecule has 0 fully saturated rings. The highest BCUT2D eigenvalue weighted by atomic mass is 16.2. The van der Waals surface area contributed by atoms with Crippen molar-refractivity contribution in [3.8, 4) is 0 Å². The second-order valence-electron chi connectivity index (χ2n) is 4.37. The fourth-order valence-electron chi connectivity index (χ4n) is 1.64. The first-order valence-electron chi connectivity index (χ1n) is 6.36. The predicted molar refractivity (Wildman–Crippen MR) is 72.4 cm³/mol. The highest BCUT2D eigenvalue weighted by Gasteiger charge is 2.24.